The zero-order chi connectivity index (χ0) is 15.1. The molecule has 0 aliphatic heterocycles. The second-order valence-corrected chi connectivity index (χ2v) is 5.14. The van der Waals surface area contributed by atoms with E-state index in [1.165, 1.54) is 0 Å². The van der Waals surface area contributed by atoms with Gasteiger partial charge in [-0.3, -0.25) is 4.79 Å². The highest BCUT2D eigenvalue weighted by Crippen LogP contribution is 2.17. The van der Waals surface area contributed by atoms with E-state index < -0.39 is 5.92 Å². The maximum atomic E-state index is 12.4. The van der Waals surface area contributed by atoms with Crippen LogP contribution < -0.4 is 11.1 Å². The molecule has 1 rings (SSSR count). The number of nitrogens with two attached hydrogens (primary N) is 1. The van der Waals surface area contributed by atoms with Crippen molar-refractivity contribution >= 4 is 11.7 Å². The summed E-state index contributed by atoms with van der Waals surface area (Å²) in [6.45, 7) is 6.12. The molecule has 1 amide bonds. The van der Waals surface area contributed by atoms with Crippen LogP contribution >= 0.6 is 0 Å². The summed E-state index contributed by atoms with van der Waals surface area (Å²) in [5.74, 6) is -0.791. The molecule has 110 valence electrons. The minimum atomic E-state index is -0.769. The second-order valence-electron chi connectivity index (χ2n) is 5.14. The van der Waals surface area contributed by atoms with Crippen LogP contribution in [0.15, 0.2) is 35.5 Å². The van der Waals surface area contributed by atoms with E-state index in [-0.39, 0.29) is 17.8 Å². The highest BCUT2D eigenvalue weighted by atomic mass is 16.4. The fourth-order valence-corrected chi connectivity index (χ4v) is 2.17. The number of nitrogens with one attached hydrogen (secondary N) is 1. The summed E-state index contributed by atoms with van der Waals surface area (Å²) >= 11 is 0. The monoisotopic (exact) mass is 277 g/mol. The lowest BCUT2D eigenvalue weighted by Crippen LogP contribution is -2.44. The van der Waals surface area contributed by atoms with Crippen LogP contribution in [-0.4, -0.2) is 23.0 Å². The van der Waals surface area contributed by atoms with Gasteiger partial charge in [0.25, 0.3) is 0 Å². The van der Waals surface area contributed by atoms with Gasteiger partial charge in [-0.1, -0.05) is 56.3 Å². The molecule has 0 bridgehead atoms. The summed E-state index contributed by atoms with van der Waals surface area (Å²) in [5.41, 5.74) is 6.39. The fraction of sp³-hybridized carbons (Fsp3) is 0.467. The number of hydrogen-bond donors (Lipinski definition) is 3. The van der Waals surface area contributed by atoms with Gasteiger partial charge < -0.3 is 16.3 Å². The van der Waals surface area contributed by atoms with Gasteiger partial charge in [0.15, 0.2) is 5.84 Å². The van der Waals surface area contributed by atoms with Crippen LogP contribution in [-0.2, 0) is 4.79 Å². The minimum Gasteiger partial charge on any atom is -0.409 e. The SMILES string of the molecule is CCC(NC(=O)C(C(N)=NO)c1ccccc1)C(C)C. The van der Waals surface area contributed by atoms with Gasteiger partial charge in [0, 0.05) is 6.04 Å². The van der Waals surface area contributed by atoms with Crippen LogP contribution in [0.5, 0.6) is 0 Å². The zero-order valence-corrected chi connectivity index (χ0v) is 12.2. The Morgan fingerprint density at radius 1 is 1.35 bits per heavy atom. The van der Waals surface area contributed by atoms with Crippen LogP contribution in [0.2, 0.25) is 0 Å². The molecule has 4 N–H and O–H groups in total. The van der Waals surface area contributed by atoms with E-state index in [9.17, 15) is 4.79 Å². The fourth-order valence-electron chi connectivity index (χ4n) is 2.17. The smallest absolute Gasteiger partial charge is 0.235 e. The van der Waals surface area contributed by atoms with Crippen LogP contribution in [0.3, 0.4) is 0 Å². The Labute approximate surface area is 119 Å². The van der Waals surface area contributed by atoms with Crippen molar-refractivity contribution in [2.24, 2.45) is 16.8 Å². The third-order valence-corrected chi connectivity index (χ3v) is 3.38. The second kappa shape index (κ2) is 7.53. The van der Waals surface area contributed by atoms with Gasteiger partial charge in [0.2, 0.25) is 5.91 Å². The first-order valence-electron chi connectivity index (χ1n) is 6.84. The summed E-state index contributed by atoms with van der Waals surface area (Å²) in [5, 5.41) is 14.9. The molecule has 2 unspecified atom stereocenters. The Hall–Kier alpha value is -2.04. The minimum absolute atomic E-state index is 0.0696. The van der Waals surface area contributed by atoms with Crippen molar-refractivity contribution in [3.63, 3.8) is 0 Å². The molecule has 0 spiro atoms. The molecule has 20 heavy (non-hydrogen) atoms. The molecule has 0 aliphatic carbocycles. The number of amidine groups is 1. The number of hydrogen-bond acceptors (Lipinski definition) is 3. The van der Waals surface area contributed by atoms with Gasteiger partial charge in [-0.25, -0.2) is 0 Å². The van der Waals surface area contributed by atoms with Crippen LogP contribution in [0.4, 0.5) is 0 Å². The normalized spacial score (nSPS) is 14.9. The van der Waals surface area contributed by atoms with Crippen molar-refractivity contribution < 1.29 is 10.0 Å². The van der Waals surface area contributed by atoms with E-state index in [1.807, 2.05) is 25.1 Å². The van der Waals surface area contributed by atoms with Gasteiger partial charge in [-0.15, -0.1) is 0 Å². The highest BCUT2D eigenvalue weighted by molar-refractivity contribution is 6.07. The van der Waals surface area contributed by atoms with Crippen molar-refractivity contribution in [1.82, 2.24) is 5.32 Å². The maximum Gasteiger partial charge on any atom is 0.235 e. The molecule has 0 fully saturated rings. The predicted molar refractivity (Wildman–Crippen MR) is 79.7 cm³/mol. The molecule has 0 heterocycles. The number of benzene rings is 1. The third kappa shape index (κ3) is 3.98. The Balaban J connectivity index is 2.98. The standard InChI is InChI=1S/C15H23N3O2/c1-4-12(10(2)3)17-15(19)13(14(16)18-20)11-8-6-5-7-9-11/h5-10,12-13,20H,4H2,1-3H3,(H2,16,18)(H,17,19). The average Bonchev–Trinajstić information content (AvgIpc) is 2.45. The van der Waals surface area contributed by atoms with E-state index in [1.54, 1.807) is 12.1 Å². The van der Waals surface area contributed by atoms with Crippen molar-refractivity contribution in [3.8, 4) is 0 Å². The maximum absolute atomic E-state index is 12.4. The van der Waals surface area contributed by atoms with E-state index in [4.69, 9.17) is 10.9 Å². The Bertz CT molecular complexity index is 457. The highest BCUT2D eigenvalue weighted by Gasteiger charge is 2.27. The van der Waals surface area contributed by atoms with Crippen molar-refractivity contribution in [2.75, 3.05) is 0 Å². The average molecular weight is 277 g/mol. The number of rotatable bonds is 6. The molecule has 0 aliphatic rings. The number of oxime groups is 1. The third-order valence-electron chi connectivity index (χ3n) is 3.38. The summed E-state index contributed by atoms with van der Waals surface area (Å²) in [6.07, 6.45) is 0.834. The first-order valence-corrected chi connectivity index (χ1v) is 6.84. The molecule has 2 atom stereocenters. The van der Waals surface area contributed by atoms with E-state index in [0.29, 0.717) is 11.5 Å². The van der Waals surface area contributed by atoms with Crippen LogP contribution in [0.1, 0.15) is 38.7 Å². The molecule has 1 aromatic carbocycles. The molecule has 0 saturated heterocycles. The number of carbonyl (C=O) groups is 1. The molecular formula is C15H23N3O2. The molecule has 5 nitrogen and oxygen atoms in total. The topological polar surface area (TPSA) is 87.7 Å². The van der Waals surface area contributed by atoms with Crippen molar-refractivity contribution in [2.45, 2.75) is 39.2 Å². The summed E-state index contributed by atoms with van der Waals surface area (Å²) in [4.78, 5) is 12.4. The first kappa shape index (κ1) is 16.0. The van der Waals surface area contributed by atoms with Gasteiger partial charge >= 0.3 is 0 Å². The summed E-state index contributed by atoms with van der Waals surface area (Å²) in [7, 11) is 0. The van der Waals surface area contributed by atoms with Gasteiger partial charge in [0.1, 0.15) is 5.92 Å². The number of nitrogens with zero attached hydrogens (tertiary/aromatic N) is 1. The summed E-state index contributed by atoms with van der Waals surface area (Å²) in [6, 6.07) is 9.14. The van der Waals surface area contributed by atoms with Crippen molar-refractivity contribution in [3.05, 3.63) is 35.9 Å². The Morgan fingerprint density at radius 2 is 1.95 bits per heavy atom. The molecule has 0 radical (unpaired) electrons. The lowest BCUT2D eigenvalue weighted by molar-refractivity contribution is -0.122. The van der Waals surface area contributed by atoms with Gasteiger partial charge in [-0.2, -0.15) is 0 Å². The van der Waals surface area contributed by atoms with E-state index in [0.717, 1.165) is 6.42 Å². The van der Waals surface area contributed by atoms with Crippen LogP contribution in [0, 0.1) is 5.92 Å². The summed E-state index contributed by atoms with van der Waals surface area (Å²) < 4.78 is 0. The lowest BCUT2D eigenvalue weighted by Gasteiger charge is -2.24. The van der Waals surface area contributed by atoms with Crippen molar-refractivity contribution in [1.29, 1.82) is 0 Å². The van der Waals surface area contributed by atoms with Gasteiger partial charge in [0.05, 0.1) is 0 Å². The lowest BCUT2D eigenvalue weighted by atomic mass is 9.95. The van der Waals surface area contributed by atoms with Gasteiger partial charge in [-0.05, 0) is 17.9 Å². The zero-order valence-electron chi connectivity index (χ0n) is 12.2. The van der Waals surface area contributed by atoms with Crippen LogP contribution in [0.25, 0.3) is 0 Å². The van der Waals surface area contributed by atoms with E-state index >= 15 is 0 Å². The quantitative estimate of drug-likeness (QED) is 0.322. The molecule has 5 heteroatoms. The molecule has 0 aromatic heterocycles. The molecule has 1 aromatic rings. The largest absolute Gasteiger partial charge is 0.409 e. The number of amides is 1. The predicted octanol–water partition coefficient (Wildman–Crippen LogP) is 2.07. The van der Waals surface area contributed by atoms with E-state index in [2.05, 4.69) is 24.3 Å². The number of carbonyl (C=O) groups excluding carboxylic acids is 1. The molecule has 0 saturated carbocycles. The Kier molecular flexibility index (Phi) is 6.03. The molecular weight excluding hydrogens is 254 g/mol. The first-order chi connectivity index (χ1) is 9.51. The Morgan fingerprint density at radius 3 is 2.40 bits per heavy atom.